The summed E-state index contributed by atoms with van der Waals surface area (Å²) in [4.78, 5) is 26.1. The van der Waals surface area contributed by atoms with Crippen LogP contribution in [0.5, 0.6) is 0 Å². The van der Waals surface area contributed by atoms with Crippen molar-refractivity contribution in [3.63, 3.8) is 0 Å². The van der Waals surface area contributed by atoms with Crippen molar-refractivity contribution < 1.29 is 14.3 Å². The zero-order chi connectivity index (χ0) is 16.5. The van der Waals surface area contributed by atoms with E-state index in [1.165, 1.54) is 17.5 Å². The fraction of sp³-hybridized carbons (Fsp3) is 0.579. The molecule has 24 heavy (non-hydrogen) atoms. The van der Waals surface area contributed by atoms with Gasteiger partial charge in [0.2, 0.25) is 5.91 Å². The van der Waals surface area contributed by atoms with Crippen LogP contribution in [-0.2, 0) is 14.9 Å². The molecule has 5 nitrogen and oxygen atoms in total. The first-order chi connectivity index (χ1) is 11.5. The molecule has 126 valence electrons. The van der Waals surface area contributed by atoms with Crippen molar-refractivity contribution in [3.8, 4) is 0 Å². The number of rotatable bonds is 2. The molecule has 2 saturated heterocycles. The summed E-state index contributed by atoms with van der Waals surface area (Å²) in [6, 6.07) is 8.80. The van der Waals surface area contributed by atoms with Crippen molar-refractivity contribution in [3.05, 3.63) is 35.4 Å². The Balaban J connectivity index is 1.25. The molecule has 0 bridgehead atoms. The lowest BCUT2D eigenvalue weighted by Crippen LogP contribution is -2.58. The van der Waals surface area contributed by atoms with Gasteiger partial charge >= 0.3 is 6.09 Å². The average molecular weight is 326 g/mol. The van der Waals surface area contributed by atoms with Gasteiger partial charge in [-0.1, -0.05) is 29.8 Å². The van der Waals surface area contributed by atoms with Gasteiger partial charge in [0.15, 0.2) is 0 Å². The number of benzene rings is 1. The Bertz CT molecular complexity index is 723. The number of nitrogens with one attached hydrogen (secondary N) is 1. The van der Waals surface area contributed by atoms with Crippen LogP contribution in [0.4, 0.5) is 4.79 Å². The number of hydrogen-bond acceptors (Lipinski definition) is 3. The minimum Gasteiger partial charge on any atom is -0.447 e. The summed E-state index contributed by atoms with van der Waals surface area (Å²) in [5.74, 6) is 0.924. The predicted molar refractivity (Wildman–Crippen MR) is 87.5 cm³/mol. The molecule has 4 aliphatic rings. The highest BCUT2D eigenvalue weighted by molar-refractivity contribution is 5.82. The maximum absolute atomic E-state index is 12.8. The van der Waals surface area contributed by atoms with Crippen molar-refractivity contribution in [2.45, 2.75) is 37.1 Å². The number of carbonyl (C=O) groups is 2. The highest BCUT2D eigenvalue weighted by atomic mass is 16.6. The van der Waals surface area contributed by atoms with Crippen molar-refractivity contribution in [2.75, 3.05) is 19.7 Å². The van der Waals surface area contributed by atoms with Crippen molar-refractivity contribution in [1.29, 1.82) is 0 Å². The van der Waals surface area contributed by atoms with Crippen molar-refractivity contribution >= 4 is 12.0 Å². The topological polar surface area (TPSA) is 58.6 Å². The summed E-state index contributed by atoms with van der Waals surface area (Å²) in [5.41, 5.74) is 2.60. The van der Waals surface area contributed by atoms with Gasteiger partial charge in [-0.25, -0.2) is 4.79 Å². The summed E-state index contributed by atoms with van der Waals surface area (Å²) in [6.45, 7) is 4.25. The van der Waals surface area contributed by atoms with E-state index in [4.69, 9.17) is 4.74 Å². The van der Waals surface area contributed by atoms with E-state index >= 15 is 0 Å². The van der Waals surface area contributed by atoms with E-state index in [0.717, 1.165) is 25.9 Å². The monoisotopic (exact) mass is 326 g/mol. The Labute approximate surface area is 141 Å². The summed E-state index contributed by atoms with van der Waals surface area (Å²) >= 11 is 0. The molecule has 2 amide bonds. The number of amides is 2. The lowest BCUT2D eigenvalue weighted by atomic mass is 9.68. The number of alkyl carbamates (subject to hydrolysis) is 1. The molecule has 1 N–H and O–H groups in total. The van der Waals surface area contributed by atoms with Gasteiger partial charge in [0.1, 0.15) is 6.61 Å². The minimum absolute atomic E-state index is 0.0413. The zero-order valence-electron chi connectivity index (χ0n) is 13.9. The molecule has 1 spiro atoms. The van der Waals surface area contributed by atoms with Crippen LogP contribution in [-0.4, -0.2) is 42.1 Å². The molecule has 5 rings (SSSR count). The van der Waals surface area contributed by atoms with E-state index in [9.17, 15) is 9.59 Å². The van der Waals surface area contributed by atoms with Crippen molar-refractivity contribution in [1.82, 2.24) is 10.2 Å². The molecule has 2 heterocycles. The number of ether oxygens (including phenoxy) is 1. The van der Waals surface area contributed by atoms with Gasteiger partial charge in [0.05, 0.1) is 5.54 Å². The molecule has 0 radical (unpaired) electrons. The molecule has 0 unspecified atom stereocenters. The molecule has 2 aliphatic heterocycles. The number of fused-ring (bicyclic) bond motifs is 1. The Morgan fingerprint density at radius 3 is 2.67 bits per heavy atom. The molecular formula is C19H22N2O3. The average Bonchev–Trinajstić information content (AvgIpc) is 2.90. The fourth-order valence-corrected chi connectivity index (χ4v) is 5.01. The standard InChI is InChI=1S/C19H22N2O3/c1-12-2-4-14(5-3-12)19-8-15(19)9-21(10-19)16(22)13-6-18(7-13)11-24-17(23)20-18/h2-5,13,15H,6-11H2,1H3,(H,20,23)/t13?,15-,18?,19+/m1/s1. The molecule has 0 aromatic heterocycles. The van der Waals surface area contributed by atoms with Crippen LogP contribution < -0.4 is 5.32 Å². The Morgan fingerprint density at radius 2 is 2.00 bits per heavy atom. The second kappa shape index (κ2) is 4.52. The third-order valence-corrected chi connectivity index (χ3v) is 6.55. The normalized spacial score (nSPS) is 39.2. The van der Waals surface area contributed by atoms with Crippen LogP contribution in [0.1, 0.15) is 30.4 Å². The molecular weight excluding hydrogens is 304 g/mol. The van der Waals surface area contributed by atoms with E-state index in [1.54, 1.807) is 0 Å². The van der Waals surface area contributed by atoms with Crippen LogP contribution in [0.3, 0.4) is 0 Å². The molecule has 2 saturated carbocycles. The predicted octanol–water partition coefficient (Wildman–Crippen LogP) is 1.98. The number of hydrogen-bond donors (Lipinski definition) is 1. The van der Waals surface area contributed by atoms with Gasteiger partial charge in [0, 0.05) is 24.4 Å². The van der Waals surface area contributed by atoms with Crippen molar-refractivity contribution in [2.24, 2.45) is 11.8 Å². The molecule has 4 fully saturated rings. The van der Waals surface area contributed by atoms with E-state index in [-0.39, 0.29) is 28.9 Å². The first-order valence-corrected chi connectivity index (χ1v) is 8.81. The third-order valence-electron chi connectivity index (χ3n) is 6.55. The van der Waals surface area contributed by atoms with Gasteiger partial charge < -0.3 is 15.0 Å². The molecule has 2 atom stereocenters. The Morgan fingerprint density at radius 1 is 1.25 bits per heavy atom. The SMILES string of the molecule is Cc1ccc([C@@]23C[C@@H]2CN(C(=O)C2CC4(COC(=O)N4)C2)C3)cc1. The lowest BCUT2D eigenvalue weighted by Gasteiger charge is -2.43. The molecule has 2 aliphatic carbocycles. The first kappa shape index (κ1) is 14.3. The van der Waals surface area contributed by atoms with Crippen LogP contribution >= 0.6 is 0 Å². The smallest absolute Gasteiger partial charge is 0.407 e. The summed E-state index contributed by atoms with van der Waals surface area (Å²) in [7, 11) is 0. The van der Waals surface area contributed by atoms with E-state index in [0.29, 0.717) is 12.5 Å². The molecule has 1 aromatic rings. The second-order valence-electron chi connectivity index (χ2n) is 8.23. The van der Waals surface area contributed by atoms with Gasteiger partial charge in [-0.15, -0.1) is 0 Å². The fourth-order valence-electron chi connectivity index (χ4n) is 5.01. The minimum atomic E-state index is -0.346. The van der Waals surface area contributed by atoms with E-state index in [2.05, 4.69) is 41.4 Å². The number of piperidine rings is 1. The third kappa shape index (κ3) is 1.93. The zero-order valence-corrected chi connectivity index (χ0v) is 13.9. The largest absolute Gasteiger partial charge is 0.447 e. The van der Waals surface area contributed by atoms with Gasteiger partial charge in [-0.2, -0.15) is 0 Å². The number of cyclic esters (lactones) is 1. The Hall–Kier alpha value is -2.04. The van der Waals surface area contributed by atoms with E-state index < -0.39 is 0 Å². The van der Waals surface area contributed by atoms with Crippen LogP contribution in [0.2, 0.25) is 0 Å². The number of likely N-dealkylation sites (tertiary alicyclic amines) is 1. The summed E-state index contributed by atoms with van der Waals surface area (Å²) in [6.07, 6.45) is 2.30. The number of aryl methyl sites for hydroxylation is 1. The summed E-state index contributed by atoms with van der Waals surface area (Å²) in [5, 5.41) is 2.87. The Kier molecular flexibility index (Phi) is 2.70. The first-order valence-electron chi connectivity index (χ1n) is 8.81. The maximum atomic E-state index is 12.8. The van der Waals surface area contributed by atoms with Crippen LogP contribution in [0.15, 0.2) is 24.3 Å². The van der Waals surface area contributed by atoms with Gasteiger partial charge in [0.25, 0.3) is 0 Å². The molecule has 1 aromatic carbocycles. The number of carbonyl (C=O) groups excluding carboxylic acids is 2. The summed E-state index contributed by atoms with van der Waals surface area (Å²) < 4.78 is 5.00. The van der Waals surface area contributed by atoms with E-state index in [1.807, 2.05) is 0 Å². The number of nitrogens with zero attached hydrogens (tertiary/aromatic N) is 1. The highest BCUT2D eigenvalue weighted by Gasteiger charge is 2.63. The van der Waals surface area contributed by atoms with Gasteiger partial charge in [-0.3, -0.25) is 4.79 Å². The quantitative estimate of drug-likeness (QED) is 0.904. The van der Waals surface area contributed by atoms with Crippen LogP contribution in [0.25, 0.3) is 0 Å². The maximum Gasteiger partial charge on any atom is 0.407 e. The second-order valence-corrected chi connectivity index (χ2v) is 8.23. The van der Waals surface area contributed by atoms with Crippen LogP contribution in [0, 0.1) is 18.8 Å². The highest BCUT2D eigenvalue weighted by Crippen LogP contribution is 2.59. The molecule has 5 heteroatoms. The lowest BCUT2D eigenvalue weighted by molar-refractivity contribution is -0.140. The van der Waals surface area contributed by atoms with Gasteiger partial charge in [-0.05, 0) is 37.7 Å².